The Morgan fingerprint density at radius 1 is 0.841 bits per heavy atom. The van der Waals surface area contributed by atoms with Gasteiger partial charge in [-0.3, -0.25) is 33.8 Å². The molecule has 1 unspecified atom stereocenters. The third-order valence-corrected chi connectivity index (χ3v) is 13.7. The molecule has 0 radical (unpaired) electrons. The number of aromatic nitrogens is 5. The number of amides is 2. The van der Waals surface area contributed by atoms with Crippen molar-refractivity contribution in [3.8, 4) is 11.1 Å². The van der Waals surface area contributed by atoms with Crippen LogP contribution >= 0.6 is 0 Å². The van der Waals surface area contributed by atoms with E-state index < -0.39 is 11.9 Å². The van der Waals surface area contributed by atoms with E-state index in [9.17, 15) is 19.5 Å². The molecule has 3 aromatic heterocycles. The standard InChI is InChI=1S/C51H71N9O9/c1-36(35-65-3)53-50-52-32-42-43(34-59(48(42)55-50)40-13-15-41(61)16-14-40)38-11-9-37(10-12-38)33-58-21-19-57(20-22-58)23-25-67-27-29-69-31-30-68-28-26-66-24-5-7-39-6-4-8-44-47(39)56(2)51(64)60(44)45-17-18-46(62)54-49(45)63/h4,6,8-12,32,34,36,40-41,45,61H,5,7,13-31,33,35H2,1-3H3,(H,52,53,55)(H,54,62,63)/t36-,40?,41?,45?/m0/s1. The van der Waals surface area contributed by atoms with E-state index in [0.717, 1.165) is 105 Å². The topological polar surface area (TPSA) is 189 Å². The Hall–Kier alpha value is -5.05. The number of fused-ring (bicyclic) bond motifs is 2. The van der Waals surface area contributed by atoms with Crippen LogP contribution in [0.4, 0.5) is 5.95 Å². The zero-order valence-electron chi connectivity index (χ0n) is 40.6. The number of aliphatic hydroxyl groups is 1. The SMILES string of the molecule is COC[C@H](C)Nc1ncc2c(-c3ccc(CN4CCN(CCOCCOCCOCCOCCCc5cccc6c5n(C)c(=O)n6C5CCC(=O)NC5=O)CC4)cc3)cn(C3CCC(O)CC3)c2n1. The van der Waals surface area contributed by atoms with Crippen molar-refractivity contribution in [1.82, 2.24) is 38.8 Å². The molecule has 374 valence electrons. The number of imidazole rings is 1. The number of rotatable bonds is 25. The molecule has 8 rings (SSSR count). The largest absolute Gasteiger partial charge is 0.393 e. The molecule has 5 aromatic rings. The molecule has 1 aliphatic carbocycles. The Morgan fingerprint density at radius 3 is 2.22 bits per heavy atom. The lowest BCUT2D eigenvalue weighted by Gasteiger charge is -2.34. The van der Waals surface area contributed by atoms with Gasteiger partial charge in [0.25, 0.3) is 0 Å². The molecule has 69 heavy (non-hydrogen) atoms. The fourth-order valence-corrected chi connectivity index (χ4v) is 9.95. The number of imide groups is 1. The Kier molecular flexibility index (Phi) is 18.0. The van der Waals surface area contributed by atoms with E-state index in [1.165, 1.54) is 10.1 Å². The lowest BCUT2D eigenvalue weighted by molar-refractivity contribution is -0.135. The average molecular weight is 954 g/mol. The molecule has 2 aliphatic heterocycles. The van der Waals surface area contributed by atoms with E-state index in [2.05, 4.69) is 67.4 Å². The van der Waals surface area contributed by atoms with Crippen molar-refractivity contribution in [2.24, 2.45) is 7.05 Å². The number of benzene rings is 2. The van der Waals surface area contributed by atoms with Crippen molar-refractivity contribution >= 4 is 39.8 Å². The van der Waals surface area contributed by atoms with Crippen LogP contribution < -0.4 is 16.3 Å². The van der Waals surface area contributed by atoms with Crippen LogP contribution in [0.1, 0.15) is 75.1 Å². The first-order chi connectivity index (χ1) is 33.7. The van der Waals surface area contributed by atoms with Gasteiger partial charge in [-0.1, -0.05) is 36.4 Å². The second-order valence-electron chi connectivity index (χ2n) is 18.7. The summed E-state index contributed by atoms with van der Waals surface area (Å²) < 4.78 is 33.8. The van der Waals surface area contributed by atoms with Crippen LogP contribution in [0, 0.1) is 0 Å². The number of carbonyl (C=O) groups excluding carboxylic acids is 2. The molecule has 18 nitrogen and oxygen atoms in total. The minimum Gasteiger partial charge on any atom is -0.393 e. The summed E-state index contributed by atoms with van der Waals surface area (Å²) in [6.07, 6.45) is 9.42. The number of hydrogen-bond acceptors (Lipinski definition) is 14. The number of ether oxygens (including phenoxy) is 5. The van der Waals surface area contributed by atoms with Gasteiger partial charge in [-0.05, 0) is 74.6 Å². The second-order valence-corrected chi connectivity index (χ2v) is 18.7. The molecular weight excluding hydrogens is 883 g/mol. The molecule has 3 N–H and O–H groups in total. The maximum Gasteiger partial charge on any atom is 0.329 e. The number of para-hydroxylation sites is 1. The van der Waals surface area contributed by atoms with E-state index in [1.807, 2.05) is 24.4 Å². The number of aliphatic hydroxyl groups excluding tert-OH is 1. The first-order valence-electron chi connectivity index (χ1n) is 24.9. The smallest absolute Gasteiger partial charge is 0.329 e. The van der Waals surface area contributed by atoms with Crippen LogP contribution in [0.3, 0.4) is 0 Å². The molecule has 2 aromatic carbocycles. The Labute approximate surface area is 404 Å². The summed E-state index contributed by atoms with van der Waals surface area (Å²) in [6, 6.07) is 14.4. The normalized spacial score (nSPS) is 20.0. The number of aryl methyl sites for hydroxylation is 2. The van der Waals surface area contributed by atoms with Crippen molar-refractivity contribution in [2.75, 3.05) is 105 Å². The van der Waals surface area contributed by atoms with E-state index in [1.54, 1.807) is 18.7 Å². The van der Waals surface area contributed by atoms with Gasteiger partial charge in [-0.25, -0.2) is 9.78 Å². The highest BCUT2D eigenvalue weighted by molar-refractivity contribution is 6.00. The molecule has 2 saturated heterocycles. The highest BCUT2D eigenvalue weighted by Gasteiger charge is 2.32. The van der Waals surface area contributed by atoms with Crippen LogP contribution in [0.2, 0.25) is 0 Å². The maximum absolute atomic E-state index is 13.2. The fraction of sp³-hybridized carbons (Fsp3) is 0.588. The number of nitrogens with one attached hydrogen (secondary N) is 2. The van der Waals surface area contributed by atoms with Gasteiger partial charge in [-0.2, -0.15) is 4.98 Å². The number of piperidine rings is 1. The number of piperazine rings is 1. The molecule has 2 amide bonds. The fourth-order valence-electron chi connectivity index (χ4n) is 9.95. The molecule has 3 fully saturated rings. The molecule has 1 saturated carbocycles. The molecule has 0 bridgehead atoms. The third-order valence-electron chi connectivity index (χ3n) is 13.7. The number of nitrogens with zero attached hydrogens (tertiary/aromatic N) is 7. The Bertz CT molecular complexity index is 2510. The van der Waals surface area contributed by atoms with Gasteiger partial charge in [0, 0.05) is 102 Å². The zero-order chi connectivity index (χ0) is 48.1. The highest BCUT2D eigenvalue weighted by Crippen LogP contribution is 2.37. The average Bonchev–Trinajstić information content (AvgIpc) is 3.85. The molecule has 2 atom stereocenters. The van der Waals surface area contributed by atoms with Crippen molar-refractivity contribution in [3.63, 3.8) is 0 Å². The molecule has 0 spiro atoms. The molecule has 3 aliphatic rings. The van der Waals surface area contributed by atoms with Gasteiger partial charge in [-0.15, -0.1) is 0 Å². The second kappa shape index (κ2) is 24.7. The van der Waals surface area contributed by atoms with Gasteiger partial charge < -0.3 is 38.7 Å². The number of carbonyl (C=O) groups is 2. The van der Waals surface area contributed by atoms with Gasteiger partial charge in [0.2, 0.25) is 17.8 Å². The predicted molar refractivity (Wildman–Crippen MR) is 263 cm³/mol. The summed E-state index contributed by atoms with van der Waals surface area (Å²) in [7, 11) is 3.41. The summed E-state index contributed by atoms with van der Waals surface area (Å²) in [5, 5.41) is 17.0. The van der Waals surface area contributed by atoms with Gasteiger partial charge in [0.05, 0.1) is 70.0 Å². The lowest BCUT2D eigenvalue weighted by Crippen LogP contribution is -2.46. The van der Waals surface area contributed by atoms with E-state index in [4.69, 9.17) is 28.7 Å². The summed E-state index contributed by atoms with van der Waals surface area (Å²) in [4.78, 5) is 52.0. The zero-order valence-corrected chi connectivity index (χ0v) is 40.6. The number of anilines is 1. The molecule has 5 heterocycles. The summed E-state index contributed by atoms with van der Waals surface area (Å²) in [5.41, 5.74) is 6.74. The lowest BCUT2D eigenvalue weighted by atomic mass is 9.93. The van der Waals surface area contributed by atoms with Crippen molar-refractivity contribution in [1.29, 1.82) is 0 Å². The maximum atomic E-state index is 13.2. The highest BCUT2D eigenvalue weighted by atomic mass is 16.6. The number of hydrogen-bond donors (Lipinski definition) is 3. The monoisotopic (exact) mass is 954 g/mol. The quantitative estimate of drug-likeness (QED) is 0.0549. The molecular formula is C51H71N9O9. The van der Waals surface area contributed by atoms with Crippen molar-refractivity contribution in [3.05, 3.63) is 76.5 Å². The van der Waals surface area contributed by atoms with Crippen LogP contribution in [-0.2, 0) is 53.3 Å². The summed E-state index contributed by atoms with van der Waals surface area (Å²) >= 11 is 0. The van der Waals surface area contributed by atoms with Crippen LogP contribution in [0.25, 0.3) is 33.2 Å². The van der Waals surface area contributed by atoms with Crippen molar-refractivity contribution < 1.29 is 38.4 Å². The predicted octanol–water partition coefficient (Wildman–Crippen LogP) is 4.47. The van der Waals surface area contributed by atoms with E-state index in [-0.39, 0.29) is 36.2 Å². The van der Waals surface area contributed by atoms with E-state index >= 15 is 0 Å². The summed E-state index contributed by atoms with van der Waals surface area (Å²) in [5.74, 6) is -0.145. The Balaban J connectivity index is 0.664. The summed E-state index contributed by atoms with van der Waals surface area (Å²) in [6.45, 7) is 12.7. The van der Waals surface area contributed by atoms with Crippen LogP contribution in [-0.4, -0.2) is 162 Å². The van der Waals surface area contributed by atoms with Crippen LogP contribution in [0.5, 0.6) is 0 Å². The minimum atomic E-state index is -0.699. The molecule has 18 heteroatoms. The van der Waals surface area contributed by atoms with Crippen LogP contribution in [0.15, 0.2) is 59.7 Å². The number of methoxy groups -OCH3 is 1. The van der Waals surface area contributed by atoms with E-state index in [0.29, 0.717) is 83.8 Å². The first-order valence-corrected chi connectivity index (χ1v) is 24.9. The first kappa shape index (κ1) is 50.3. The van der Waals surface area contributed by atoms with Gasteiger partial charge in [0.1, 0.15) is 11.7 Å². The van der Waals surface area contributed by atoms with Crippen molar-refractivity contribution in [2.45, 2.75) is 89.1 Å². The Morgan fingerprint density at radius 2 is 1.52 bits per heavy atom. The van der Waals surface area contributed by atoms with Gasteiger partial charge in [0.15, 0.2) is 0 Å². The van der Waals surface area contributed by atoms with Gasteiger partial charge >= 0.3 is 5.69 Å². The third kappa shape index (κ3) is 13.0. The minimum absolute atomic E-state index is 0.0827.